The van der Waals surface area contributed by atoms with Crippen LogP contribution < -0.4 is 9.67 Å². The Kier molecular flexibility index (Phi) is 9.19. The Balaban J connectivity index is 0.000000229. The van der Waals surface area contributed by atoms with Gasteiger partial charge in [-0.3, -0.25) is 0 Å². The molecule has 0 saturated carbocycles. The number of hydrogen-bond acceptors (Lipinski definition) is 5. The molecule has 4 N–H and O–H groups in total. The minimum Gasteiger partial charge on any atom is -0.478 e. The van der Waals surface area contributed by atoms with Crippen molar-refractivity contribution < 1.29 is 31.7 Å². The SMILES string of the molecule is CC(=O)Nc1ccccc1[As](=O)(O)OO.O=C(O)c1cccc(C=Cc2ccccc2)c1. The number of amides is 1. The number of hydrogen-bond donors (Lipinski definition) is 4. The normalized spacial score (nSPS) is 12.3. The number of para-hydroxylation sites is 1. The molecule has 1 atom stereocenters. The average Bonchev–Trinajstić information content (AvgIpc) is 2.79. The van der Waals surface area contributed by atoms with Crippen LogP contribution in [0.3, 0.4) is 0 Å². The van der Waals surface area contributed by atoms with E-state index in [-0.39, 0.29) is 15.9 Å². The molecule has 3 aromatic rings. The second-order valence-corrected chi connectivity index (χ2v) is 10.0. The third-order valence-corrected chi connectivity index (χ3v) is 6.59. The quantitative estimate of drug-likeness (QED) is 0.177. The van der Waals surface area contributed by atoms with Crippen molar-refractivity contribution in [2.24, 2.45) is 0 Å². The Bertz CT molecular complexity index is 1150. The van der Waals surface area contributed by atoms with Crippen molar-refractivity contribution >= 4 is 48.2 Å². The van der Waals surface area contributed by atoms with Crippen molar-refractivity contribution in [1.29, 1.82) is 0 Å². The summed E-state index contributed by atoms with van der Waals surface area (Å²) >= 11 is -4.92. The maximum Gasteiger partial charge on any atom is 0.335 e. The van der Waals surface area contributed by atoms with E-state index in [0.29, 0.717) is 5.56 Å². The molecule has 0 bridgehead atoms. The first-order valence-corrected chi connectivity index (χ1v) is 12.6. The predicted molar refractivity (Wildman–Crippen MR) is 122 cm³/mol. The zero-order chi connectivity index (χ0) is 23.6. The van der Waals surface area contributed by atoms with E-state index in [4.69, 9.17) is 10.4 Å². The van der Waals surface area contributed by atoms with Gasteiger partial charge in [0.1, 0.15) is 0 Å². The van der Waals surface area contributed by atoms with Crippen LogP contribution in [0.4, 0.5) is 5.69 Å². The number of rotatable bonds is 6. The van der Waals surface area contributed by atoms with Crippen molar-refractivity contribution in [3.8, 4) is 0 Å². The number of anilines is 1. The van der Waals surface area contributed by atoms with Crippen molar-refractivity contribution in [2.45, 2.75) is 6.92 Å². The molecule has 0 spiro atoms. The second kappa shape index (κ2) is 11.8. The Labute approximate surface area is 187 Å². The molecule has 0 aliphatic carbocycles. The van der Waals surface area contributed by atoms with E-state index in [1.807, 2.05) is 48.6 Å². The molecule has 0 aromatic heterocycles. The zero-order valence-electron chi connectivity index (χ0n) is 17.1. The van der Waals surface area contributed by atoms with Gasteiger partial charge in [0.15, 0.2) is 0 Å². The molecular formula is C23H22AsNO7. The molecule has 0 aliphatic heterocycles. The number of aromatic carboxylic acids is 1. The van der Waals surface area contributed by atoms with E-state index in [1.165, 1.54) is 25.1 Å². The Hall–Kier alpha value is -3.42. The molecule has 3 aromatic carbocycles. The van der Waals surface area contributed by atoms with E-state index >= 15 is 0 Å². The topological polar surface area (TPSA) is 133 Å². The van der Waals surface area contributed by atoms with Gasteiger partial charge in [0.25, 0.3) is 0 Å². The maximum absolute atomic E-state index is 11.4. The van der Waals surface area contributed by atoms with Crippen LogP contribution in [0.15, 0.2) is 78.9 Å². The maximum atomic E-state index is 11.4. The van der Waals surface area contributed by atoms with Crippen LogP contribution in [0.1, 0.15) is 28.4 Å². The molecule has 8 nitrogen and oxygen atoms in total. The summed E-state index contributed by atoms with van der Waals surface area (Å²) in [4.78, 5) is 21.6. The summed E-state index contributed by atoms with van der Waals surface area (Å²) in [6, 6.07) is 22.6. The van der Waals surface area contributed by atoms with Crippen LogP contribution in [0, 0.1) is 0 Å². The van der Waals surface area contributed by atoms with Gasteiger partial charge in [0.05, 0.1) is 5.56 Å². The van der Waals surface area contributed by atoms with E-state index in [2.05, 4.69) is 9.19 Å². The summed E-state index contributed by atoms with van der Waals surface area (Å²) in [6.07, 6.45) is 3.86. The summed E-state index contributed by atoms with van der Waals surface area (Å²) in [5.41, 5.74) is 2.44. The summed E-state index contributed by atoms with van der Waals surface area (Å²) in [5.74, 6) is -1.28. The van der Waals surface area contributed by atoms with Crippen molar-refractivity contribution in [1.82, 2.24) is 0 Å². The number of benzene rings is 3. The molecule has 0 aliphatic rings. The number of carbonyl (C=O) groups excluding carboxylic acids is 1. The molecule has 3 rings (SSSR count). The van der Waals surface area contributed by atoms with Gasteiger partial charge in [-0.1, -0.05) is 54.6 Å². The van der Waals surface area contributed by atoms with Crippen molar-refractivity contribution in [2.75, 3.05) is 5.32 Å². The van der Waals surface area contributed by atoms with Crippen LogP contribution >= 0.6 is 0 Å². The molecule has 0 fully saturated rings. The molecular weight excluding hydrogens is 477 g/mol. The van der Waals surface area contributed by atoms with Crippen LogP contribution in [0.2, 0.25) is 0 Å². The molecule has 32 heavy (non-hydrogen) atoms. The summed E-state index contributed by atoms with van der Waals surface area (Å²) in [6.45, 7) is 1.27. The molecule has 1 amide bonds. The van der Waals surface area contributed by atoms with E-state index in [0.717, 1.165) is 11.1 Å². The Morgan fingerprint density at radius 3 is 2.12 bits per heavy atom. The van der Waals surface area contributed by atoms with Crippen LogP contribution in [-0.2, 0) is 12.4 Å². The fraction of sp³-hybridized carbons (Fsp3) is 0.0435. The fourth-order valence-corrected chi connectivity index (χ4v) is 4.26. The van der Waals surface area contributed by atoms with E-state index in [9.17, 15) is 17.4 Å². The third-order valence-electron chi connectivity index (χ3n) is 4.03. The number of nitrogens with one attached hydrogen (secondary N) is 1. The Morgan fingerprint density at radius 1 is 0.906 bits per heavy atom. The first kappa shape index (κ1) is 24.8. The first-order valence-electron chi connectivity index (χ1n) is 9.32. The Morgan fingerprint density at radius 2 is 1.50 bits per heavy atom. The van der Waals surface area contributed by atoms with Crippen molar-refractivity contribution in [3.05, 3.63) is 95.6 Å². The number of carboxylic acids is 1. The van der Waals surface area contributed by atoms with Gasteiger partial charge in [0, 0.05) is 0 Å². The van der Waals surface area contributed by atoms with Gasteiger partial charge in [-0.05, 0) is 23.3 Å². The molecule has 1 unspecified atom stereocenters. The largest absolute Gasteiger partial charge is 0.478 e. The van der Waals surface area contributed by atoms with Gasteiger partial charge >= 0.3 is 94.4 Å². The van der Waals surface area contributed by atoms with Crippen LogP contribution in [0.25, 0.3) is 12.2 Å². The van der Waals surface area contributed by atoms with E-state index < -0.39 is 20.1 Å². The van der Waals surface area contributed by atoms with Gasteiger partial charge in [0.2, 0.25) is 0 Å². The summed E-state index contributed by atoms with van der Waals surface area (Å²) in [7, 11) is 0. The second-order valence-electron chi connectivity index (χ2n) is 6.48. The van der Waals surface area contributed by atoms with E-state index in [1.54, 1.807) is 24.3 Å². The predicted octanol–water partition coefficient (Wildman–Crippen LogP) is 3.26. The first-order chi connectivity index (χ1) is 15.2. The van der Waals surface area contributed by atoms with Gasteiger partial charge in [-0.25, -0.2) is 4.79 Å². The smallest absolute Gasteiger partial charge is 0.335 e. The standard InChI is InChI=1S/C15H12O2.C8H10AsNO5/c16-15(17)14-8-4-7-13(11-14)10-9-12-5-2-1-3-6-12;1-6(11)10-8-5-3-2-4-7(8)9(12,13)15-14/h1-11H,(H,16,17);2-5,14H,1H3,(H,10,11)(H,12,13). The minimum atomic E-state index is -4.92. The third kappa shape index (κ3) is 7.68. The molecule has 0 radical (unpaired) electrons. The van der Waals surface area contributed by atoms with Gasteiger partial charge < -0.3 is 5.11 Å². The monoisotopic (exact) mass is 499 g/mol. The van der Waals surface area contributed by atoms with Crippen LogP contribution in [0.5, 0.6) is 0 Å². The molecule has 9 heteroatoms. The average molecular weight is 499 g/mol. The molecule has 0 heterocycles. The minimum absolute atomic E-state index is 0.103. The zero-order valence-corrected chi connectivity index (χ0v) is 19.0. The fourth-order valence-electron chi connectivity index (χ4n) is 2.59. The van der Waals surface area contributed by atoms with Crippen molar-refractivity contribution in [3.63, 3.8) is 0 Å². The van der Waals surface area contributed by atoms with Crippen LogP contribution in [-0.4, -0.2) is 40.5 Å². The summed E-state index contributed by atoms with van der Waals surface area (Å²) in [5, 5.41) is 19.5. The molecule has 0 saturated heterocycles. The van der Waals surface area contributed by atoms with Gasteiger partial charge in [-0.15, -0.1) is 0 Å². The number of carbonyl (C=O) groups is 2. The summed E-state index contributed by atoms with van der Waals surface area (Å²) < 4.78 is 24.1. The van der Waals surface area contributed by atoms with Gasteiger partial charge in [-0.2, -0.15) is 0 Å². The molecule has 166 valence electrons. The number of carboxylic acid groups (broad SMARTS) is 1.